The molecule has 0 aliphatic carbocycles. The molecule has 0 saturated carbocycles. The van der Waals surface area contributed by atoms with Crippen LogP contribution in [0.25, 0.3) is 6.08 Å². The first-order valence-corrected chi connectivity index (χ1v) is 8.65. The summed E-state index contributed by atoms with van der Waals surface area (Å²) in [6.45, 7) is -1.60. The number of ether oxygens (including phenoxy) is 3. The zero-order valence-electron chi connectivity index (χ0n) is 16.1. The van der Waals surface area contributed by atoms with Crippen molar-refractivity contribution in [3.63, 3.8) is 0 Å². The van der Waals surface area contributed by atoms with E-state index in [4.69, 9.17) is 14.7 Å². The summed E-state index contributed by atoms with van der Waals surface area (Å²) >= 11 is 0. The number of nitrogens with one attached hydrogen (secondary N) is 1. The largest absolute Gasteiger partial charge is 0.493 e. The van der Waals surface area contributed by atoms with E-state index in [1.54, 1.807) is 18.2 Å². The summed E-state index contributed by atoms with van der Waals surface area (Å²) in [4.78, 5) is 24.1. The van der Waals surface area contributed by atoms with Crippen molar-refractivity contribution < 1.29 is 32.6 Å². The van der Waals surface area contributed by atoms with Gasteiger partial charge in [-0.3, -0.25) is 4.79 Å². The molecule has 2 aromatic carbocycles. The minimum Gasteiger partial charge on any atom is -0.493 e. The minimum atomic E-state index is -3.00. The third-order valence-electron chi connectivity index (χ3n) is 3.74. The second-order valence-corrected chi connectivity index (χ2v) is 5.88. The topological polar surface area (TPSA) is 97.6 Å². The monoisotopic (exact) mass is 416 g/mol. The van der Waals surface area contributed by atoms with Gasteiger partial charge in [0.1, 0.15) is 0 Å². The first kappa shape index (κ1) is 22.4. The number of hydrogen-bond donors (Lipinski definition) is 1. The number of methoxy groups -OCH3 is 1. The van der Waals surface area contributed by atoms with E-state index in [0.29, 0.717) is 16.8 Å². The summed E-state index contributed by atoms with van der Waals surface area (Å²) in [5, 5.41) is 11.4. The second kappa shape index (κ2) is 10.6. The lowest BCUT2D eigenvalue weighted by Crippen LogP contribution is -2.29. The van der Waals surface area contributed by atoms with Gasteiger partial charge in [-0.2, -0.15) is 14.0 Å². The number of carbonyl (C=O) groups excluding carboxylic acids is 2. The van der Waals surface area contributed by atoms with E-state index < -0.39 is 24.6 Å². The Labute approximate surface area is 171 Å². The smallest absolute Gasteiger partial charge is 0.387 e. The maximum absolute atomic E-state index is 12.4. The van der Waals surface area contributed by atoms with Crippen LogP contribution in [-0.4, -0.2) is 31.7 Å². The quantitative estimate of drug-likeness (QED) is 0.520. The molecule has 30 heavy (non-hydrogen) atoms. The lowest BCUT2D eigenvalue weighted by atomic mass is 10.2. The molecule has 156 valence electrons. The Bertz CT molecular complexity index is 986. The Kier molecular flexibility index (Phi) is 7.88. The van der Waals surface area contributed by atoms with Crippen LogP contribution < -0.4 is 14.8 Å². The number of halogens is 2. The van der Waals surface area contributed by atoms with Gasteiger partial charge < -0.3 is 19.5 Å². The second-order valence-electron chi connectivity index (χ2n) is 5.88. The molecule has 9 heteroatoms. The number of amides is 1. The fourth-order valence-electron chi connectivity index (χ4n) is 2.32. The molecule has 0 heterocycles. The van der Waals surface area contributed by atoms with E-state index in [9.17, 15) is 18.4 Å². The number of hydrogen-bond acceptors (Lipinski definition) is 6. The number of nitriles is 1. The van der Waals surface area contributed by atoms with E-state index in [0.717, 1.165) is 6.08 Å². The highest BCUT2D eigenvalue weighted by atomic mass is 19.3. The average Bonchev–Trinajstić information content (AvgIpc) is 2.72. The molecule has 0 saturated heterocycles. The number of carbonyl (C=O) groups is 2. The zero-order chi connectivity index (χ0) is 22.1. The van der Waals surface area contributed by atoms with Crippen LogP contribution in [0.2, 0.25) is 0 Å². The van der Waals surface area contributed by atoms with E-state index in [1.165, 1.54) is 44.4 Å². The van der Waals surface area contributed by atoms with Gasteiger partial charge in [0.25, 0.3) is 5.91 Å². The van der Waals surface area contributed by atoms with Gasteiger partial charge in [-0.25, -0.2) is 4.79 Å². The van der Waals surface area contributed by atoms with Gasteiger partial charge in [-0.05, 0) is 48.9 Å². The minimum absolute atomic E-state index is 0.0677. The van der Waals surface area contributed by atoms with Gasteiger partial charge in [0.2, 0.25) is 0 Å². The van der Waals surface area contributed by atoms with Gasteiger partial charge in [0, 0.05) is 11.8 Å². The van der Waals surface area contributed by atoms with Crippen LogP contribution in [0.5, 0.6) is 11.5 Å². The van der Waals surface area contributed by atoms with Crippen LogP contribution in [-0.2, 0) is 14.3 Å². The Morgan fingerprint density at radius 2 is 1.93 bits per heavy atom. The van der Waals surface area contributed by atoms with Crippen LogP contribution in [0.3, 0.4) is 0 Å². The molecule has 0 aromatic heterocycles. The molecule has 1 atom stereocenters. The first-order chi connectivity index (χ1) is 14.3. The van der Waals surface area contributed by atoms with Crippen molar-refractivity contribution in [2.75, 3.05) is 12.4 Å². The molecule has 0 fully saturated rings. The van der Waals surface area contributed by atoms with Gasteiger partial charge in [0.05, 0.1) is 18.7 Å². The molecule has 1 N–H and O–H groups in total. The molecule has 0 unspecified atom stereocenters. The predicted octanol–water partition coefficient (Wildman–Crippen LogP) is 3.75. The number of rotatable bonds is 8. The molecular weight excluding hydrogens is 398 g/mol. The van der Waals surface area contributed by atoms with E-state index in [2.05, 4.69) is 10.1 Å². The molecule has 7 nitrogen and oxygen atoms in total. The Morgan fingerprint density at radius 1 is 1.17 bits per heavy atom. The first-order valence-electron chi connectivity index (χ1n) is 8.65. The molecule has 0 aliphatic heterocycles. The molecule has 1 amide bonds. The van der Waals surface area contributed by atoms with Gasteiger partial charge in [-0.1, -0.05) is 12.1 Å². The van der Waals surface area contributed by atoms with Crippen LogP contribution in [0.4, 0.5) is 14.5 Å². The van der Waals surface area contributed by atoms with Crippen LogP contribution in [0, 0.1) is 11.3 Å². The third-order valence-corrected chi connectivity index (χ3v) is 3.74. The van der Waals surface area contributed by atoms with Crippen molar-refractivity contribution >= 4 is 23.6 Å². The number of nitrogens with zero attached hydrogens (tertiary/aromatic N) is 1. The highest BCUT2D eigenvalue weighted by Gasteiger charge is 2.17. The Hall–Kier alpha value is -3.93. The van der Waals surface area contributed by atoms with Gasteiger partial charge in [-0.15, -0.1) is 0 Å². The fraction of sp³-hybridized carbons (Fsp3) is 0.190. The molecule has 2 aromatic rings. The fourth-order valence-corrected chi connectivity index (χ4v) is 2.32. The molecule has 0 radical (unpaired) electrons. The summed E-state index contributed by atoms with van der Waals surface area (Å²) < 4.78 is 39.0. The molecular formula is C21H18F2N2O5. The van der Waals surface area contributed by atoms with Gasteiger partial charge in [0.15, 0.2) is 17.6 Å². The van der Waals surface area contributed by atoms with Crippen molar-refractivity contribution in [3.05, 3.63) is 59.7 Å². The normalized spacial score (nSPS) is 11.6. The zero-order valence-corrected chi connectivity index (χ0v) is 16.1. The lowest BCUT2D eigenvalue weighted by molar-refractivity contribution is -0.148. The molecule has 0 bridgehead atoms. The van der Waals surface area contributed by atoms with Crippen molar-refractivity contribution in [2.45, 2.75) is 19.6 Å². The van der Waals surface area contributed by atoms with Crippen molar-refractivity contribution in [1.82, 2.24) is 0 Å². The lowest BCUT2D eigenvalue weighted by Gasteiger charge is -2.12. The summed E-state index contributed by atoms with van der Waals surface area (Å²) in [5.41, 5.74) is 1.24. The highest BCUT2D eigenvalue weighted by molar-refractivity contribution is 5.96. The Morgan fingerprint density at radius 3 is 2.60 bits per heavy atom. The van der Waals surface area contributed by atoms with Crippen LogP contribution in [0.1, 0.15) is 18.1 Å². The molecule has 0 aliphatic rings. The SMILES string of the molecule is COc1cc(/C=C/C(=O)O[C@H](C)C(=O)Nc2cccc(C#N)c2)ccc1OC(F)F. The van der Waals surface area contributed by atoms with Crippen LogP contribution in [0.15, 0.2) is 48.5 Å². The number of benzene rings is 2. The predicted molar refractivity (Wildman–Crippen MR) is 104 cm³/mol. The van der Waals surface area contributed by atoms with Crippen molar-refractivity contribution in [1.29, 1.82) is 5.26 Å². The Balaban J connectivity index is 1.96. The summed E-state index contributed by atoms with van der Waals surface area (Å²) in [7, 11) is 1.29. The standard InChI is InChI=1S/C21H18F2N2O5/c1-13(20(27)25-16-5-3-4-15(10-16)12-24)29-19(26)9-7-14-6-8-17(30-21(22)23)18(11-14)28-2/h3-11,13,21H,1-2H3,(H,25,27)/b9-7+/t13-/m1/s1. The summed E-state index contributed by atoms with van der Waals surface area (Å²) in [6, 6.07) is 12.4. The number of alkyl halides is 2. The van der Waals surface area contributed by atoms with Crippen molar-refractivity contribution in [2.24, 2.45) is 0 Å². The molecule has 0 spiro atoms. The van der Waals surface area contributed by atoms with E-state index in [-0.39, 0.29) is 11.5 Å². The third kappa shape index (κ3) is 6.60. The highest BCUT2D eigenvalue weighted by Crippen LogP contribution is 2.29. The van der Waals surface area contributed by atoms with Crippen LogP contribution >= 0.6 is 0 Å². The average molecular weight is 416 g/mol. The number of anilines is 1. The molecule has 2 rings (SSSR count). The van der Waals surface area contributed by atoms with E-state index in [1.807, 2.05) is 6.07 Å². The number of esters is 1. The maximum Gasteiger partial charge on any atom is 0.387 e. The maximum atomic E-state index is 12.4. The van der Waals surface area contributed by atoms with Gasteiger partial charge >= 0.3 is 12.6 Å². The van der Waals surface area contributed by atoms with E-state index >= 15 is 0 Å². The van der Waals surface area contributed by atoms with Crippen molar-refractivity contribution in [3.8, 4) is 17.6 Å². The summed E-state index contributed by atoms with van der Waals surface area (Å²) in [5.74, 6) is -1.42. The summed E-state index contributed by atoms with van der Waals surface area (Å²) in [6.07, 6.45) is 1.37.